The number of para-hydroxylation sites is 1. The van der Waals surface area contributed by atoms with Gasteiger partial charge in [-0.25, -0.2) is 4.98 Å². The molecule has 0 bridgehead atoms. The van der Waals surface area contributed by atoms with Crippen LogP contribution in [-0.2, 0) is 0 Å². The SMILES string of the molecule is Cc1ccccc1N/N=C/c1c(C)nc2sccn12. The van der Waals surface area contributed by atoms with Gasteiger partial charge in [0.25, 0.3) is 0 Å². The maximum absolute atomic E-state index is 4.48. The van der Waals surface area contributed by atoms with Crippen LogP contribution in [0.4, 0.5) is 5.69 Å². The Morgan fingerprint density at radius 3 is 3.00 bits per heavy atom. The van der Waals surface area contributed by atoms with Crippen molar-refractivity contribution < 1.29 is 0 Å². The number of imidazole rings is 1. The molecule has 0 aliphatic carbocycles. The van der Waals surface area contributed by atoms with Crippen LogP contribution in [0.5, 0.6) is 0 Å². The maximum atomic E-state index is 4.48. The molecular formula is C14H14N4S. The van der Waals surface area contributed by atoms with E-state index < -0.39 is 0 Å². The lowest BCUT2D eigenvalue weighted by Gasteiger charge is -2.03. The van der Waals surface area contributed by atoms with Crippen LogP contribution in [0, 0.1) is 13.8 Å². The number of rotatable bonds is 3. The van der Waals surface area contributed by atoms with Crippen molar-refractivity contribution in [3.63, 3.8) is 0 Å². The van der Waals surface area contributed by atoms with Crippen LogP contribution in [0.2, 0.25) is 0 Å². The van der Waals surface area contributed by atoms with Crippen molar-refractivity contribution in [2.24, 2.45) is 5.10 Å². The van der Waals surface area contributed by atoms with E-state index in [1.165, 1.54) is 5.56 Å². The zero-order valence-corrected chi connectivity index (χ0v) is 11.6. The number of fused-ring (bicyclic) bond motifs is 1. The minimum Gasteiger partial charge on any atom is -0.289 e. The van der Waals surface area contributed by atoms with Gasteiger partial charge in [0.15, 0.2) is 4.96 Å². The molecule has 0 atom stereocenters. The smallest absolute Gasteiger partial charge is 0.194 e. The van der Waals surface area contributed by atoms with Gasteiger partial charge >= 0.3 is 0 Å². The van der Waals surface area contributed by atoms with Crippen LogP contribution < -0.4 is 5.43 Å². The van der Waals surface area contributed by atoms with Crippen LogP contribution in [0.15, 0.2) is 40.9 Å². The van der Waals surface area contributed by atoms with Gasteiger partial charge in [0.1, 0.15) is 0 Å². The molecule has 3 aromatic rings. The zero-order valence-electron chi connectivity index (χ0n) is 10.8. The number of hydrazone groups is 1. The summed E-state index contributed by atoms with van der Waals surface area (Å²) >= 11 is 1.62. The van der Waals surface area contributed by atoms with Gasteiger partial charge in [0, 0.05) is 11.6 Å². The molecule has 0 aliphatic heterocycles. The second-order valence-corrected chi connectivity index (χ2v) is 5.20. The Labute approximate surface area is 115 Å². The minimum absolute atomic E-state index is 0.988. The fraction of sp³-hybridized carbons (Fsp3) is 0.143. The van der Waals surface area contributed by atoms with Gasteiger partial charge in [0.2, 0.25) is 0 Å². The monoisotopic (exact) mass is 270 g/mol. The summed E-state index contributed by atoms with van der Waals surface area (Å²) in [6, 6.07) is 8.07. The molecule has 3 rings (SSSR count). The number of thiazole rings is 1. The fourth-order valence-electron chi connectivity index (χ4n) is 1.93. The van der Waals surface area contributed by atoms with Crippen molar-refractivity contribution in [3.8, 4) is 0 Å². The maximum Gasteiger partial charge on any atom is 0.194 e. The van der Waals surface area contributed by atoms with E-state index in [4.69, 9.17) is 0 Å². The fourth-order valence-corrected chi connectivity index (χ4v) is 2.69. The molecule has 1 aromatic carbocycles. The first kappa shape index (κ1) is 11.9. The minimum atomic E-state index is 0.988. The van der Waals surface area contributed by atoms with Crippen LogP contribution in [0.1, 0.15) is 17.0 Å². The van der Waals surface area contributed by atoms with Crippen LogP contribution >= 0.6 is 11.3 Å². The van der Waals surface area contributed by atoms with Gasteiger partial charge in [-0.1, -0.05) is 18.2 Å². The molecule has 96 valence electrons. The molecular weight excluding hydrogens is 256 g/mol. The third kappa shape index (κ3) is 2.24. The topological polar surface area (TPSA) is 41.7 Å². The summed E-state index contributed by atoms with van der Waals surface area (Å²) in [7, 11) is 0. The van der Waals surface area contributed by atoms with E-state index >= 15 is 0 Å². The van der Waals surface area contributed by atoms with Gasteiger partial charge < -0.3 is 0 Å². The van der Waals surface area contributed by atoms with Gasteiger partial charge in [0.05, 0.1) is 23.3 Å². The van der Waals surface area contributed by atoms with E-state index in [1.807, 2.05) is 47.3 Å². The Balaban J connectivity index is 1.85. The van der Waals surface area contributed by atoms with E-state index in [2.05, 4.69) is 28.5 Å². The van der Waals surface area contributed by atoms with E-state index in [1.54, 1.807) is 11.3 Å². The normalized spacial score (nSPS) is 11.5. The summed E-state index contributed by atoms with van der Waals surface area (Å²) in [5.41, 5.74) is 7.25. The van der Waals surface area contributed by atoms with Crippen molar-refractivity contribution in [1.29, 1.82) is 0 Å². The van der Waals surface area contributed by atoms with Gasteiger partial charge in [-0.05, 0) is 25.5 Å². The Bertz CT molecular complexity index is 739. The average molecular weight is 270 g/mol. The van der Waals surface area contributed by atoms with Crippen molar-refractivity contribution in [3.05, 3.63) is 52.8 Å². The Morgan fingerprint density at radius 1 is 1.32 bits per heavy atom. The van der Waals surface area contributed by atoms with Crippen molar-refractivity contribution in [2.75, 3.05) is 5.43 Å². The van der Waals surface area contributed by atoms with E-state index in [0.717, 1.165) is 22.0 Å². The van der Waals surface area contributed by atoms with Crippen LogP contribution in [-0.4, -0.2) is 15.6 Å². The Hall–Kier alpha value is -2.14. The lowest BCUT2D eigenvalue weighted by atomic mass is 10.2. The van der Waals surface area contributed by atoms with Crippen LogP contribution in [0.3, 0.4) is 0 Å². The Morgan fingerprint density at radius 2 is 2.16 bits per heavy atom. The number of anilines is 1. The van der Waals surface area contributed by atoms with Gasteiger partial charge in [-0.3, -0.25) is 9.83 Å². The summed E-state index contributed by atoms with van der Waals surface area (Å²) in [4.78, 5) is 5.47. The summed E-state index contributed by atoms with van der Waals surface area (Å²) in [6.45, 7) is 4.05. The number of hydrogen-bond acceptors (Lipinski definition) is 4. The standard InChI is InChI=1S/C14H14N4S/c1-10-5-3-4-6-12(10)17-15-9-13-11(2)16-14-18(13)7-8-19-14/h3-9,17H,1-2H3/b15-9+. The molecule has 0 saturated heterocycles. The van der Waals surface area contributed by atoms with Gasteiger partial charge in [-0.2, -0.15) is 5.10 Å². The van der Waals surface area contributed by atoms with E-state index in [0.29, 0.717) is 0 Å². The first-order valence-corrected chi connectivity index (χ1v) is 6.90. The van der Waals surface area contributed by atoms with Crippen molar-refractivity contribution in [1.82, 2.24) is 9.38 Å². The van der Waals surface area contributed by atoms with E-state index in [-0.39, 0.29) is 0 Å². The Kier molecular flexibility index (Phi) is 3.05. The zero-order chi connectivity index (χ0) is 13.2. The predicted molar refractivity (Wildman–Crippen MR) is 80.2 cm³/mol. The molecule has 5 heteroatoms. The third-order valence-electron chi connectivity index (χ3n) is 3.00. The number of nitrogens with one attached hydrogen (secondary N) is 1. The molecule has 0 radical (unpaired) electrons. The quantitative estimate of drug-likeness (QED) is 0.585. The highest BCUT2D eigenvalue weighted by Crippen LogP contribution is 2.16. The molecule has 0 aliphatic rings. The summed E-state index contributed by atoms with van der Waals surface area (Å²) < 4.78 is 2.04. The lowest BCUT2D eigenvalue weighted by molar-refractivity contribution is 1.19. The molecule has 2 heterocycles. The largest absolute Gasteiger partial charge is 0.289 e. The molecule has 1 N–H and O–H groups in total. The third-order valence-corrected chi connectivity index (χ3v) is 3.76. The van der Waals surface area contributed by atoms with E-state index in [9.17, 15) is 0 Å². The first-order valence-electron chi connectivity index (χ1n) is 6.02. The lowest BCUT2D eigenvalue weighted by Crippen LogP contribution is -1.96. The second-order valence-electron chi connectivity index (χ2n) is 4.32. The number of hydrogen-bond donors (Lipinski definition) is 1. The molecule has 0 fully saturated rings. The first-order chi connectivity index (χ1) is 9.25. The average Bonchev–Trinajstić information content (AvgIpc) is 2.94. The number of benzene rings is 1. The molecule has 0 amide bonds. The van der Waals surface area contributed by atoms with Crippen molar-refractivity contribution >= 4 is 28.2 Å². The predicted octanol–water partition coefficient (Wildman–Crippen LogP) is 3.46. The summed E-state index contributed by atoms with van der Waals surface area (Å²) in [5.74, 6) is 0. The summed E-state index contributed by atoms with van der Waals surface area (Å²) in [6.07, 6.45) is 3.82. The number of aryl methyl sites for hydroxylation is 2. The molecule has 4 nitrogen and oxygen atoms in total. The van der Waals surface area contributed by atoms with Crippen LogP contribution in [0.25, 0.3) is 4.96 Å². The second kappa shape index (κ2) is 4.85. The van der Waals surface area contributed by atoms with Gasteiger partial charge in [-0.15, -0.1) is 11.3 Å². The molecule has 0 spiro atoms. The summed E-state index contributed by atoms with van der Waals surface area (Å²) in [5, 5.41) is 6.33. The molecule has 2 aromatic heterocycles. The molecule has 19 heavy (non-hydrogen) atoms. The molecule has 0 unspecified atom stereocenters. The number of nitrogens with zero attached hydrogens (tertiary/aromatic N) is 3. The highest BCUT2D eigenvalue weighted by Gasteiger charge is 2.06. The highest BCUT2D eigenvalue weighted by molar-refractivity contribution is 7.15. The van der Waals surface area contributed by atoms with Crippen molar-refractivity contribution in [2.45, 2.75) is 13.8 Å². The highest BCUT2D eigenvalue weighted by atomic mass is 32.1. The molecule has 0 saturated carbocycles. The number of aromatic nitrogens is 2.